The van der Waals surface area contributed by atoms with E-state index in [0.29, 0.717) is 12.5 Å². The predicted molar refractivity (Wildman–Crippen MR) is 58.1 cm³/mol. The van der Waals surface area contributed by atoms with Crippen molar-refractivity contribution in [3.8, 4) is 0 Å². The maximum atomic E-state index is 9.03. The fourth-order valence-corrected chi connectivity index (χ4v) is 2.25. The Balaban J connectivity index is 1.81. The van der Waals surface area contributed by atoms with Crippen LogP contribution in [0.3, 0.4) is 0 Å². The summed E-state index contributed by atoms with van der Waals surface area (Å²) in [5.74, 6) is 0.517. The molecule has 0 aromatic heterocycles. The van der Waals surface area contributed by atoms with Gasteiger partial charge in [-0.3, -0.25) is 4.90 Å². The summed E-state index contributed by atoms with van der Waals surface area (Å²) in [5.41, 5.74) is 1.45. The van der Waals surface area contributed by atoms with Crippen molar-refractivity contribution in [2.45, 2.75) is 19.3 Å². The van der Waals surface area contributed by atoms with E-state index < -0.39 is 0 Å². The van der Waals surface area contributed by atoms with Gasteiger partial charge in [-0.25, -0.2) is 0 Å². The third-order valence-electron chi connectivity index (χ3n) is 3.11. The first-order valence-electron chi connectivity index (χ1n) is 5.57. The molecule has 0 saturated carbocycles. The zero-order valence-electron chi connectivity index (χ0n) is 8.65. The van der Waals surface area contributed by atoms with Gasteiger partial charge in [0.1, 0.15) is 0 Å². The number of nitrogens with zero attached hydrogens (tertiary/aromatic N) is 1. The first-order chi connectivity index (χ1) is 6.88. The van der Waals surface area contributed by atoms with E-state index in [1.807, 2.05) is 0 Å². The summed E-state index contributed by atoms with van der Waals surface area (Å²) in [6.45, 7) is 3.65. The number of likely N-dealkylation sites (tertiary alicyclic amines) is 1. The van der Waals surface area contributed by atoms with Crippen molar-refractivity contribution in [1.29, 1.82) is 0 Å². The van der Waals surface area contributed by atoms with Gasteiger partial charge in [0.2, 0.25) is 0 Å². The predicted octanol–water partition coefficient (Wildman–Crippen LogP) is 1.58. The number of hydrogen-bond acceptors (Lipinski definition) is 2. The van der Waals surface area contributed by atoms with Gasteiger partial charge >= 0.3 is 0 Å². The summed E-state index contributed by atoms with van der Waals surface area (Å²) in [7, 11) is 0. The first-order valence-corrected chi connectivity index (χ1v) is 5.57. The van der Waals surface area contributed by atoms with E-state index in [2.05, 4.69) is 23.1 Å². The Labute approximate surface area is 85.9 Å². The molecule has 1 aliphatic carbocycles. The zero-order valence-corrected chi connectivity index (χ0v) is 8.65. The van der Waals surface area contributed by atoms with Crippen molar-refractivity contribution in [2.75, 3.05) is 26.2 Å². The Hall–Kier alpha value is -0.600. The van der Waals surface area contributed by atoms with Gasteiger partial charge in [0.25, 0.3) is 0 Å². The van der Waals surface area contributed by atoms with E-state index in [1.54, 1.807) is 0 Å². The SMILES string of the molecule is OCC1CCN(CC2=CCCC=C2)C1. The Morgan fingerprint density at radius 2 is 2.36 bits per heavy atom. The maximum Gasteiger partial charge on any atom is 0.0471 e. The molecule has 0 aromatic rings. The molecule has 14 heavy (non-hydrogen) atoms. The quantitative estimate of drug-likeness (QED) is 0.735. The summed E-state index contributed by atoms with van der Waals surface area (Å²) < 4.78 is 0. The molecule has 0 radical (unpaired) electrons. The first kappa shape index (κ1) is 9.94. The number of rotatable bonds is 3. The van der Waals surface area contributed by atoms with Crippen LogP contribution in [0.25, 0.3) is 0 Å². The summed E-state index contributed by atoms with van der Waals surface area (Å²) in [6.07, 6.45) is 10.4. The summed E-state index contributed by atoms with van der Waals surface area (Å²) in [6, 6.07) is 0. The average Bonchev–Trinajstić information content (AvgIpc) is 2.67. The monoisotopic (exact) mass is 193 g/mol. The minimum atomic E-state index is 0.353. The molecular formula is C12H19NO. The summed E-state index contributed by atoms with van der Waals surface area (Å²) in [4.78, 5) is 2.45. The Morgan fingerprint density at radius 1 is 1.43 bits per heavy atom. The molecule has 2 rings (SSSR count). The topological polar surface area (TPSA) is 23.5 Å². The molecular weight excluding hydrogens is 174 g/mol. The molecule has 0 amide bonds. The van der Waals surface area contributed by atoms with Gasteiger partial charge in [0.05, 0.1) is 0 Å². The van der Waals surface area contributed by atoms with Crippen LogP contribution in [0.5, 0.6) is 0 Å². The van der Waals surface area contributed by atoms with Crippen LogP contribution in [0.2, 0.25) is 0 Å². The molecule has 2 aliphatic rings. The maximum absolute atomic E-state index is 9.03. The van der Waals surface area contributed by atoms with Crippen molar-refractivity contribution < 1.29 is 5.11 Å². The van der Waals surface area contributed by atoms with Crippen molar-refractivity contribution >= 4 is 0 Å². The van der Waals surface area contributed by atoms with Crippen LogP contribution in [-0.2, 0) is 0 Å². The van der Waals surface area contributed by atoms with Crippen LogP contribution in [0.15, 0.2) is 23.8 Å². The minimum absolute atomic E-state index is 0.353. The lowest BCUT2D eigenvalue weighted by atomic mass is 10.1. The van der Waals surface area contributed by atoms with Gasteiger partial charge in [0, 0.05) is 19.7 Å². The second-order valence-corrected chi connectivity index (χ2v) is 4.33. The summed E-state index contributed by atoms with van der Waals surface area (Å²) >= 11 is 0. The normalized spacial score (nSPS) is 28.1. The molecule has 1 fully saturated rings. The van der Waals surface area contributed by atoms with Crippen LogP contribution in [0.4, 0.5) is 0 Å². The molecule has 1 saturated heterocycles. The van der Waals surface area contributed by atoms with Crippen molar-refractivity contribution in [1.82, 2.24) is 4.90 Å². The fourth-order valence-electron chi connectivity index (χ4n) is 2.25. The second kappa shape index (κ2) is 4.76. The number of allylic oxidation sites excluding steroid dienone is 2. The smallest absolute Gasteiger partial charge is 0.0471 e. The molecule has 78 valence electrons. The highest BCUT2D eigenvalue weighted by atomic mass is 16.3. The van der Waals surface area contributed by atoms with Gasteiger partial charge in [-0.05, 0) is 37.3 Å². The lowest BCUT2D eigenvalue weighted by molar-refractivity contribution is 0.224. The third kappa shape index (κ3) is 2.46. The largest absolute Gasteiger partial charge is 0.396 e. The van der Waals surface area contributed by atoms with Gasteiger partial charge in [-0.2, -0.15) is 0 Å². The van der Waals surface area contributed by atoms with E-state index in [-0.39, 0.29) is 0 Å². The lowest BCUT2D eigenvalue weighted by Gasteiger charge is -2.17. The molecule has 1 heterocycles. The van der Waals surface area contributed by atoms with Crippen LogP contribution in [-0.4, -0.2) is 36.2 Å². The Bertz CT molecular complexity index is 245. The molecule has 2 nitrogen and oxygen atoms in total. The number of hydrogen-bond donors (Lipinski definition) is 1. The van der Waals surface area contributed by atoms with Crippen LogP contribution < -0.4 is 0 Å². The van der Waals surface area contributed by atoms with Crippen LogP contribution in [0, 0.1) is 5.92 Å². The van der Waals surface area contributed by atoms with Crippen molar-refractivity contribution in [3.63, 3.8) is 0 Å². The molecule has 1 unspecified atom stereocenters. The van der Waals surface area contributed by atoms with Crippen molar-refractivity contribution in [3.05, 3.63) is 23.8 Å². The molecule has 0 aromatic carbocycles. The molecule has 1 N–H and O–H groups in total. The van der Waals surface area contributed by atoms with E-state index >= 15 is 0 Å². The van der Waals surface area contributed by atoms with E-state index in [9.17, 15) is 0 Å². The van der Waals surface area contributed by atoms with Crippen LogP contribution >= 0.6 is 0 Å². The Kier molecular flexibility index (Phi) is 3.38. The molecule has 2 heteroatoms. The van der Waals surface area contributed by atoms with E-state index in [0.717, 1.165) is 26.1 Å². The molecule has 1 atom stereocenters. The van der Waals surface area contributed by atoms with Gasteiger partial charge in [-0.1, -0.05) is 18.2 Å². The van der Waals surface area contributed by atoms with E-state index in [1.165, 1.54) is 18.4 Å². The highest BCUT2D eigenvalue weighted by Crippen LogP contribution is 2.18. The fraction of sp³-hybridized carbons (Fsp3) is 0.667. The molecule has 1 aliphatic heterocycles. The number of aliphatic hydroxyl groups excluding tert-OH is 1. The lowest BCUT2D eigenvalue weighted by Crippen LogP contribution is -2.23. The standard InChI is InChI=1S/C12H19NO/c14-10-12-6-7-13(9-12)8-11-4-2-1-3-5-11/h2,4-5,12,14H,1,3,6-10H2. The van der Waals surface area contributed by atoms with Gasteiger partial charge < -0.3 is 5.11 Å². The highest BCUT2D eigenvalue weighted by molar-refractivity contribution is 5.23. The summed E-state index contributed by atoms with van der Waals surface area (Å²) in [5, 5.41) is 9.03. The van der Waals surface area contributed by atoms with Crippen molar-refractivity contribution in [2.24, 2.45) is 5.92 Å². The van der Waals surface area contributed by atoms with Crippen LogP contribution in [0.1, 0.15) is 19.3 Å². The van der Waals surface area contributed by atoms with E-state index in [4.69, 9.17) is 5.11 Å². The highest BCUT2D eigenvalue weighted by Gasteiger charge is 2.21. The molecule has 0 spiro atoms. The number of aliphatic hydroxyl groups is 1. The minimum Gasteiger partial charge on any atom is -0.396 e. The third-order valence-corrected chi connectivity index (χ3v) is 3.11. The average molecular weight is 193 g/mol. The van der Waals surface area contributed by atoms with Gasteiger partial charge in [0.15, 0.2) is 0 Å². The zero-order chi connectivity index (χ0) is 9.80. The van der Waals surface area contributed by atoms with Gasteiger partial charge in [-0.15, -0.1) is 0 Å². The molecule has 0 bridgehead atoms. The Morgan fingerprint density at radius 3 is 3.00 bits per heavy atom. The second-order valence-electron chi connectivity index (χ2n) is 4.33.